The standard InChI is InChI=1S/C25H28N4O7/c1-25(2,3)36-24(30)28-11-9-18(10-12-28)34-22-14-20-19(13-21(22)33-4)23(27-15-26-20)35-17-7-5-16(6-8-17)29(31)32/h5-8,13-15,18H,9-12H2,1-4H3. The van der Waals surface area contributed by atoms with Crippen LogP contribution < -0.4 is 14.2 Å². The number of carbonyl (C=O) groups excluding carboxylic acids is 1. The predicted molar refractivity (Wildman–Crippen MR) is 131 cm³/mol. The zero-order valence-corrected chi connectivity index (χ0v) is 20.6. The van der Waals surface area contributed by atoms with Crippen LogP contribution in [0.3, 0.4) is 0 Å². The van der Waals surface area contributed by atoms with Crippen LogP contribution in [-0.4, -0.2) is 57.8 Å². The summed E-state index contributed by atoms with van der Waals surface area (Å²) < 4.78 is 23.1. The minimum atomic E-state index is -0.536. The zero-order valence-electron chi connectivity index (χ0n) is 20.6. The fourth-order valence-electron chi connectivity index (χ4n) is 3.78. The fourth-order valence-corrected chi connectivity index (χ4v) is 3.78. The molecule has 2 heterocycles. The van der Waals surface area contributed by atoms with E-state index in [0.717, 1.165) is 0 Å². The van der Waals surface area contributed by atoms with Gasteiger partial charge in [-0.05, 0) is 39.0 Å². The summed E-state index contributed by atoms with van der Waals surface area (Å²) in [4.78, 5) is 33.0. The molecule has 0 unspecified atom stereocenters. The number of hydrogen-bond donors (Lipinski definition) is 0. The molecule has 0 spiro atoms. The van der Waals surface area contributed by atoms with E-state index in [9.17, 15) is 14.9 Å². The lowest BCUT2D eigenvalue weighted by molar-refractivity contribution is -0.384. The van der Waals surface area contributed by atoms with E-state index in [1.807, 2.05) is 20.8 Å². The number of ether oxygens (including phenoxy) is 4. The average molecular weight is 497 g/mol. The minimum Gasteiger partial charge on any atom is -0.493 e. The Morgan fingerprint density at radius 3 is 2.39 bits per heavy atom. The summed E-state index contributed by atoms with van der Waals surface area (Å²) in [6.45, 7) is 6.60. The van der Waals surface area contributed by atoms with Crippen molar-refractivity contribution in [1.82, 2.24) is 14.9 Å². The van der Waals surface area contributed by atoms with Crippen LogP contribution in [0, 0.1) is 10.1 Å². The van der Waals surface area contributed by atoms with Gasteiger partial charge in [0.25, 0.3) is 5.69 Å². The normalized spacial score (nSPS) is 14.4. The molecule has 1 aliphatic rings. The molecule has 1 fully saturated rings. The number of rotatable bonds is 6. The van der Waals surface area contributed by atoms with Gasteiger partial charge in [0.2, 0.25) is 5.88 Å². The molecule has 190 valence electrons. The Hall–Kier alpha value is -4.15. The summed E-state index contributed by atoms with van der Waals surface area (Å²) in [5, 5.41) is 11.5. The van der Waals surface area contributed by atoms with Gasteiger partial charge in [-0.25, -0.2) is 14.8 Å². The maximum atomic E-state index is 12.3. The zero-order chi connectivity index (χ0) is 25.9. The van der Waals surface area contributed by atoms with Gasteiger partial charge in [0.1, 0.15) is 23.8 Å². The second-order valence-corrected chi connectivity index (χ2v) is 9.34. The lowest BCUT2D eigenvalue weighted by Crippen LogP contribution is -2.44. The summed E-state index contributed by atoms with van der Waals surface area (Å²) in [6.07, 6.45) is 2.25. The van der Waals surface area contributed by atoms with Crippen LogP contribution in [0.4, 0.5) is 10.5 Å². The topological polar surface area (TPSA) is 126 Å². The number of hydrogen-bond acceptors (Lipinski definition) is 9. The van der Waals surface area contributed by atoms with Crippen molar-refractivity contribution in [3.8, 4) is 23.1 Å². The van der Waals surface area contributed by atoms with E-state index in [1.165, 1.54) is 30.6 Å². The number of amides is 1. The molecular weight excluding hydrogens is 468 g/mol. The van der Waals surface area contributed by atoms with Crippen molar-refractivity contribution >= 4 is 22.7 Å². The first kappa shape index (κ1) is 25.0. The summed E-state index contributed by atoms with van der Waals surface area (Å²) in [6, 6.07) is 9.23. The Morgan fingerprint density at radius 1 is 1.08 bits per heavy atom. The summed E-state index contributed by atoms with van der Waals surface area (Å²) in [5.74, 6) is 1.70. The number of carbonyl (C=O) groups is 1. The van der Waals surface area contributed by atoms with Crippen LogP contribution in [0.25, 0.3) is 10.9 Å². The van der Waals surface area contributed by atoms with Crippen molar-refractivity contribution in [3.05, 3.63) is 52.8 Å². The maximum absolute atomic E-state index is 12.3. The minimum absolute atomic E-state index is 0.0321. The SMILES string of the molecule is COc1cc2c(Oc3ccc([N+](=O)[O-])cc3)ncnc2cc1OC1CCN(C(=O)OC(C)(C)C)CC1. The summed E-state index contributed by atoms with van der Waals surface area (Å²) in [5.41, 5.74) is 0.0189. The molecule has 4 rings (SSSR count). The van der Waals surface area contributed by atoms with Crippen molar-refractivity contribution in [2.75, 3.05) is 20.2 Å². The molecule has 0 bridgehead atoms. The largest absolute Gasteiger partial charge is 0.493 e. The number of nitro benzene ring substituents is 1. The molecule has 0 aliphatic carbocycles. The smallest absolute Gasteiger partial charge is 0.410 e. The van der Waals surface area contributed by atoms with Crippen molar-refractivity contribution in [3.63, 3.8) is 0 Å². The lowest BCUT2D eigenvalue weighted by Gasteiger charge is -2.33. The van der Waals surface area contributed by atoms with Crippen LogP contribution in [0.1, 0.15) is 33.6 Å². The number of nitrogens with zero attached hydrogens (tertiary/aromatic N) is 4. The quantitative estimate of drug-likeness (QED) is 0.338. The van der Waals surface area contributed by atoms with Crippen LogP contribution >= 0.6 is 0 Å². The van der Waals surface area contributed by atoms with Crippen molar-refractivity contribution in [2.45, 2.75) is 45.3 Å². The van der Waals surface area contributed by atoms with Gasteiger partial charge in [-0.15, -0.1) is 0 Å². The number of benzene rings is 2. The van der Waals surface area contributed by atoms with E-state index in [-0.39, 0.29) is 23.8 Å². The Balaban J connectivity index is 1.48. The number of piperidine rings is 1. The first-order valence-corrected chi connectivity index (χ1v) is 11.5. The maximum Gasteiger partial charge on any atom is 0.410 e. The molecular formula is C25H28N4O7. The molecule has 0 N–H and O–H groups in total. The third-order valence-electron chi connectivity index (χ3n) is 5.53. The second kappa shape index (κ2) is 10.2. The van der Waals surface area contributed by atoms with Gasteiger partial charge >= 0.3 is 6.09 Å². The van der Waals surface area contributed by atoms with Gasteiger partial charge < -0.3 is 23.8 Å². The molecule has 11 nitrogen and oxygen atoms in total. The number of methoxy groups -OCH3 is 1. The second-order valence-electron chi connectivity index (χ2n) is 9.34. The number of non-ortho nitro benzene ring substituents is 1. The highest BCUT2D eigenvalue weighted by Gasteiger charge is 2.28. The number of fused-ring (bicyclic) bond motifs is 1. The molecule has 2 aromatic carbocycles. The van der Waals surface area contributed by atoms with Crippen LogP contribution in [0.5, 0.6) is 23.1 Å². The van der Waals surface area contributed by atoms with Gasteiger partial charge in [-0.3, -0.25) is 10.1 Å². The average Bonchev–Trinajstić information content (AvgIpc) is 2.83. The third kappa shape index (κ3) is 5.91. The van der Waals surface area contributed by atoms with E-state index in [0.29, 0.717) is 54.1 Å². The Kier molecular flexibility index (Phi) is 7.09. The fraction of sp³-hybridized carbons (Fsp3) is 0.400. The van der Waals surface area contributed by atoms with Crippen LogP contribution in [-0.2, 0) is 4.74 Å². The first-order valence-electron chi connectivity index (χ1n) is 11.5. The molecule has 1 aromatic heterocycles. The molecule has 3 aromatic rings. The van der Waals surface area contributed by atoms with Gasteiger partial charge in [0.05, 0.1) is 22.9 Å². The third-order valence-corrected chi connectivity index (χ3v) is 5.53. The van der Waals surface area contributed by atoms with Gasteiger partial charge in [-0.1, -0.05) is 0 Å². The van der Waals surface area contributed by atoms with E-state index >= 15 is 0 Å². The van der Waals surface area contributed by atoms with Crippen LogP contribution in [0.2, 0.25) is 0 Å². The van der Waals surface area contributed by atoms with Gasteiger partial charge in [0, 0.05) is 44.1 Å². The molecule has 0 radical (unpaired) electrons. The van der Waals surface area contributed by atoms with E-state index in [4.69, 9.17) is 18.9 Å². The highest BCUT2D eigenvalue weighted by Crippen LogP contribution is 2.37. The van der Waals surface area contributed by atoms with E-state index in [2.05, 4.69) is 9.97 Å². The Bertz CT molecular complexity index is 1250. The van der Waals surface area contributed by atoms with Crippen LogP contribution in [0.15, 0.2) is 42.7 Å². The Morgan fingerprint density at radius 2 is 1.78 bits per heavy atom. The molecule has 11 heteroatoms. The number of aromatic nitrogens is 2. The molecule has 1 saturated heterocycles. The van der Waals surface area contributed by atoms with Gasteiger partial charge in [-0.2, -0.15) is 0 Å². The van der Waals surface area contributed by atoms with E-state index in [1.54, 1.807) is 24.1 Å². The highest BCUT2D eigenvalue weighted by molar-refractivity contribution is 5.87. The van der Waals surface area contributed by atoms with Gasteiger partial charge in [0.15, 0.2) is 11.5 Å². The number of likely N-dealkylation sites (tertiary alicyclic amines) is 1. The monoisotopic (exact) mass is 496 g/mol. The molecule has 0 saturated carbocycles. The summed E-state index contributed by atoms with van der Waals surface area (Å²) >= 11 is 0. The molecule has 1 aliphatic heterocycles. The van der Waals surface area contributed by atoms with Crippen molar-refractivity contribution in [1.29, 1.82) is 0 Å². The highest BCUT2D eigenvalue weighted by atomic mass is 16.6. The van der Waals surface area contributed by atoms with Crippen molar-refractivity contribution < 1.29 is 28.7 Å². The van der Waals surface area contributed by atoms with E-state index < -0.39 is 10.5 Å². The Labute approximate surface area is 208 Å². The summed E-state index contributed by atoms with van der Waals surface area (Å²) in [7, 11) is 1.54. The molecule has 0 atom stereocenters. The lowest BCUT2D eigenvalue weighted by atomic mass is 10.1. The molecule has 1 amide bonds. The van der Waals surface area contributed by atoms with Crippen molar-refractivity contribution in [2.24, 2.45) is 0 Å². The number of nitro groups is 1. The predicted octanol–water partition coefficient (Wildman–Crippen LogP) is 5.12. The first-order chi connectivity index (χ1) is 17.1. The molecule has 36 heavy (non-hydrogen) atoms.